The summed E-state index contributed by atoms with van der Waals surface area (Å²) in [5.41, 5.74) is 7.79. The lowest BCUT2D eigenvalue weighted by atomic mass is 9.87. The number of hydrogen-bond donors (Lipinski definition) is 2. The van der Waals surface area contributed by atoms with Crippen molar-refractivity contribution in [3.63, 3.8) is 0 Å². The number of carbonyl (C=O) groups is 3. The first-order valence-corrected chi connectivity index (χ1v) is 15.3. The number of nitrogens with zero attached hydrogens (tertiary/aromatic N) is 2. The zero-order valence-electron chi connectivity index (χ0n) is 24.7. The Labute approximate surface area is 261 Å². The molecule has 0 radical (unpaired) electrons. The Hall–Kier alpha value is -5.43. The van der Waals surface area contributed by atoms with Crippen molar-refractivity contribution in [1.29, 1.82) is 0 Å². The second-order valence-corrected chi connectivity index (χ2v) is 11.8. The summed E-state index contributed by atoms with van der Waals surface area (Å²) < 4.78 is 1.98. The van der Waals surface area contributed by atoms with Crippen LogP contribution in [0, 0.1) is 5.92 Å². The molecule has 0 unspecified atom stereocenters. The third-order valence-electron chi connectivity index (χ3n) is 9.02. The Bertz CT molecular complexity index is 1900. The Kier molecular flexibility index (Phi) is 7.51. The number of carboxylic acid groups (broad SMARTS) is 1. The number of aromatic nitrogens is 1. The van der Waals surface area contributed by atoms with Gasteiger partial charge in [-0.1, -0.05) is 60.7 Å². The molecule has 1 aliphatic heterocycles. The lowest BCUT2D eigenvalue weighted by Gasteiger charge is -2.32. The van der Waals surface area contributed by atoms with Crippen LogP contribution in [0.25, 0.3) is 16.8 Å². The SMILES string of the molecule is O=C(O)c1cccc(-c2ccc(CNC(=O)[C@@H]3C[C@H]3c3ccccc3)c3c2CCN(C(=O)c2cccc(-n4cccc4)c2)C3)c1. The molecular formula is C38H33N3O4. The molecule has 0 spiro atoms. The van der Waals surface area contributed by atoms with E-state index in [2.05, 4.69) is 17.4 Å². The first-order chi connectivity index (χ1) is 22.0. The van der Waals surface area contributed by atoms with E-state index in [-0.39, 0.29) is 29.2 Å². The van der Waals surface area contributed by atoms with Crippen LogP contribution in [0.3, 0.4) is 0 Å². The predicted octanol–water partition coefficient (Wildman–Crippen LogP) is 6.46. The quantitative estimate of drug-likeness (QED) is 0.215. The van der Waals surface area contributed by atoms with Crippen LogP contribution >= 0.6 is 0 Å². The van der Waals surface area contributed by atoms with Crippen LogP contribution < -0.4 is 5.32 Å². The number of amides is 2. The van der Waals surface area contributed by atoms with Gasteiger partial charge in [0, 0.05) is 49.2 Å². The first kappa shape index (κ1) is 28.3. The zero-order valence-corrected chi connectivity index (χ0v) is 24.7. The highest BCUT2D eigenvalue weighted by Crippen LogP contribution is 2.47. The van der Waals surface area contributed by atoms with Crippen molar-refractivity contribution >= 4 is 17.8 Å². The molecule has 5 aromatic rings. The Morgan fingerprint density at radius 3 is 2.38 bits per heavy atom. The highest BCUT2D eigenvalue weighted by molar-refractivity contribution is 5.95. The molecule has 7 rings (SSSR count). The number of carboxylic acids is 1. The van der Waals surface area contributed by atoms with Gasteiger partial charge in [0.25, 0.3) is 5.91 Å². The number of nitrogens with one attached hydrogen (secondary N) is 1. The summed E-state index contributed by atoms with van der Waals surface area (Å²) in [4.78, 5) is 40.6. The molecule has 7 heteroatoms. The van der Waals surface area contributed by atoms with Gasteiger partial charge in [-0.05, 0) is 94.6 Å². The van der Waals surface area contributed by atoms with Gasteiger partial charge >= 0.3 is 5.97 Å². The minimum Gasteiger partial charge on any atom is -0.478 e. The maximum absolute atomic E-state index is 13.8. The summed E-state index contributed by atoms with van der Waals surface area (Å²) in [6.07, 6.45) is 5.36. The topological polar surface area (TPSA) is 91.6 Å². The van der Waals surface area contributed by atoms with E-state index in [4.69, 9.17) is 0 Å². The molecule has 0 saturated heterocycles. The van der Waals surface area contributed by atoms with Gasteiger partial charge < -0.3 is 19.9 Å². The van der Waals surface area contributed by atoms with E-state index in [1.807, 2.05) is 94.7 Å². The molecular weight excluding hydrogens is 562 g/mol. The number of carbonyl (C=O) groups excluding carboxylic acids is 2. The van der Waals surface area contributed by atoms with Crippen molar-refractivity contribution in [3.05, 3.63) is 149 Å². The van der Waals surface area contributed by atoms with E-state index in [9.17, 15) is 19.5 Å². The van der Waals surface area contributed by atoms with E-state index in [1.165, 1.54) is 5.56 Å². The number of fused-ring (bicyclic) bond motifs is 1. The van der Waals surface area contributed by atoms with E-state index in [0.717, 1.165) is 39.9 Å². The van der Waals surface area contributed by atoms with Crippen LogP contribution in [0.1, 0.15) is 55.3 Å². The molecule has 1 fully saturated rings. The average molecular weight is 596 g/mol. The summed E-state index contributed by atoms with van der Waals surface area (Å²) in [5, 5.41) is 12.8. The fraction of sp³-hybridized carbons (Fsp3) is 0.184. The summed E-state index contributed by atoms with van der Waals surface area (Å²) in [6, 6.07) is 32.7. The fourth-order valence-corrected chi connectivity index (χ4v) is 6.53. The highest BCUT2D eigenvalue weighted by Gasteiger charge is 2.43. The summed E-state index contributed by atoms with van der Waals surface area (Å²) in [7, 11) is 0. The number of benzene rings is 4. The van der Waals surface area contributed by atoms with Gasteiger partial charge in [0.2, 0.25) is 5.91 Å². The van der Waals surface area contributed by atoms with Gasteiger partial charge in [-0.3, -0.25) is 9.59 Å². The molecule has 2 atom stereocenters. The van der Waals surface area contributed by atoms with Gasteiger partial charge in [-0.2, -0.15) is 0 Å². The Morgan fingerprint density at radius 2 is 1.58 bits per heavy atom. The first-order valence-electron chi connectivity index (χ1n) is 15.3. The lowest BCUT2D eigenvalue weighted by molar-refractivity contribution is -0.122. The standard InChI is InChI=1S/C38H33N3O4/c42-36(34-22-33(34)25-8-2-1-3-9-25)39-23-29-14-15-31(26-10-6-12-28(20-26)38(44)45)32-16-19-41(24-35(29)32)37(43)27-11-7-13-30(21-27)40-17-4-5-18-40/h1-15,17-18,20-21,33-34H,16,19,22-24H2,(H,39,42)(H,44,45)/t33-,34+/m0/s1. The molecule has 2 heterocycles. The van der Waals surface area contributed by atoms with Crippen molar-refractivity contribution in [2.45, 2.75) is 31.8 Å². The average Bonchev–Trinajstić information content (AvgIpc) is 3.70. The van der Waals surface area contributed by atoms with E-state index < -0.39 is 5.97 Å². The third-order valence-corrected chi connectivity index (χ3v) is 9.02. The normalized spacial score (nSPS) is 16.9. The number of aromatic carboxylic acids is 1. The van der Waals surface area contributed by atoms with Gasteiger partial charge in [0.1, 0.15) is 0 Å². The molecule has 7 nitrogen and oxygen atoms in total. The van der Waals surface area contributed by atoms with E-state index in [1.54, 1.807) is 18.2 Å². The van der Waals surface area contributed by atoms with Gasteiger partial charge in [0.15, 0.2) is 0 Å². The Morgan fingerprint density at radius 1 is 0.800 bits per heavy atom. The second kappa shape index (κ2) is 11.9. The van der Waals surface area contributed by atoms with Crippen LogP contribution in [0.2, 0.25) is 0 Å². The van der Waals surface area contributed by atoms with Gasteiger partial charge in [-0.15, -0.1) is 0 Å². The fourth-order valence-electron chi connectivity index (χ4n) is 6.53. The largest absolute Gasteiger partial charge is 0.478 e. The second-order valence-electron chi connectivity index (χ2n) is 11.8. The van der Waals surface area contributed by atoms with Crippen LogP contribution in [-0.4, -0.2) is 38.9 Å². The maximum Gasteiger partial charge on any atom is 0.335 e. The molecule has 2 N–H and O–H groups in total. The van der Waals surface area contributed by atoms with Crippen molar-refractivity contribution in [1.82, 2.24) is 14.8 Å². The molecule has 1 aliphatic carbocycles. The molecule has 4 aromatic carbocycles. The smallest absolute Gasteiger partial charge is 0.335 e. The molecule has 224 valence electrons. The third kappa shape index (κ3) is 5.77. The van der Waals surface area contributed by atoms with Crippen molar-refractivity contribution in [2.75, 3.05) is 6.54 Å². The predicted molar refractivity (Wildman–Crippen MR) is 172 cm³/mol. The summed E-state index contributed by atoms with van der Waals surface area (Å²) in [6.45, 7) is 1.29. The highest BCUT2D eigenvalue weighted by atomic mass is 16.4. The van der Waals surface area contributed by atoms with Gasteiger partial charge in [-0.25, -0.2) is 4.79 Å². The van der Waals surface area contributed by atoms with Crippen LogP contribution in [0.4, 0.5) is 0 Å². The van der Waals surface area contributed by atoms with Gasteiger partial charge in [0.05, 0.1) is 5.56 Å². The number of rotatable bonds is 8. The monoisotopic (exact) mass is 595 g/mol. The molecule has 1 saturated carbocycles. The van der Waals surface area contributed by atoms with Crippen molar-refractivity contribution in [3.8, 4) is 16.8 Å². The summed E-state index contributed by atoms with van der Waals surface area (Å²) >= 11 is 0. The number of hydrogen-bond acceptors (Lipinski definition) is 3. The minimum absolute atomic E-state index is 0.0353. The van der Waals surface area contributed by atoms with Crippen LogP contribution in [0.5, 0.6) is 0 Å². The molecule has 45 heavy (non-hydrogen) atoms. The lowest BCUT2D eigenvalue weighted by Crippen LogP contribution is -2.37. The maximum atomic E-state index is 13.8. The minimum atomic E-state index is -0.974. The molecule has 2 amide bonds. The Balaban J connectivity index is 1.17. The zero-order chi connectivity index (χ0) is 30.9. The molecule has 0 bridgehead atoms. The van der Waals surface area contributed by atoms with Crippen molar-refractivity contribution in [2.24, 2.45) is 5.92 Å². The van der Waals surface area contributed by atoms with E-state index >= 15 is 0 Å². The molecule has 1 aromatic heterocycles. The van der Waals surface area contributed by atoms with Crippen LogP contribution in [0.15, 0.2) is 116 Å². The summed E-state index contributed by atoms with van der Waals surface area (Å²) in [5.74, 6) is -0.766. The van der Waals surface area contributed by atoms with Crippen LogP contribution in [-0.2, 0) is 24.3 Å². The van der Waals surface area contributed by atoms with Crippen molar-refractivity contribution < 1.29 is 19.5 Å². The van der Waals surface area contributed by atoms with E-state index in [0.29, 0.717) is 31.6 Å². The molecule has 2 aliphatic rings.